The lowest BCUT2D eigenvalue weighted by Crippen LogP contribution is -2.54. The van der Waals surface area contributed by atoms with Crippen molar-refractivity contribution in [1.82, 2.24) is 14.5 Å². The van der Waals surface area contributed by atoms with Gasteiger partial charge < -0.3 is 4.57 Å². The van der Waals surface area contributed by atoms with Crippen LogP contribution in [0.3, 0.4) is 0 Å². The first-order valence-electron chi connectivity index (χ1n) is 8.16. The van der Waals surface area contributed by atoms with E-state index in [1.165, 1.54) is 29.9 Å². The molecule has 22 heavy (non-hydrogen) atoms. The van der Waals surface area contributed by atoms with E-state index in [0.717, 1.165) is 17.9 Å². The quantitative estimate of drug-likeness (QED) is 0.807. The van der Waals surface area contributed by atoms with Crippen LogP contribution in [0.25, 0.3) is 11.0 Å². The highest BCUT2D eigenvalue weighted by molar-refractivity contribution is 7.99. The van der Waals surface area contributed by atoms with Crippen LogP contribution in [-0.2, 0) is 0 Å². The maximum absolute atomic E-state index is 4.77. The summed E-state index contributed by atoms with van der Waals surface area (Å²) >= 11 is 2.12. The molecule has 2 saturated heterocycles. The Hall–Kier alpha value is -1.26. The smallest absolute Gasteiger partial charge is 0.106 e. The molecule has 0 spiro atoms. The van der Waals surface area contributed by atoms with Crippen LogP contribution in [0.15, 0.2) is 36.9 Å². The minimum absolute atomic E-state index is 0.587. The molecule has 2 aliphatic rings. The first-order valence-corrected chi connectivity index (χ1v) is 9.31. The second-order valence-corrected chi connectivity index (χ2v) is 7.55. The summed E-state index contributed by atoms with van der Waals surface area (Å²) in [6, 6.07) is 10.5. The van der Waals surface area contributed by atoms with Crippen molar-refractivity contribution in [3.63, 3.8) is 0 Å². The standard InChI is InChI=1S/C18H23N3S/c1-3-8-20-15-9-14(10-16(20)12-22-11-15)21-13(2)19-17-6-4-5-7-18(17)21/h3-7,14-16H,1,8-12H2,2H3. The molecule has 3 nitrogen and oxygen atoms in total. The van der Waals surface area contributed by atoms with Gasteiger partial charge in [0.25, 0.3) is 0 Å². The third-order valence-corrected chi connectivity index (χ3v) is 6.36. The third kappa shape index (κ3) is 2.29. The van der Waals surface area contributed by atoms with Crippen LogP contribution in [0.2, 0.25) is 0 Å². The van der Waals surface area contributed by atoms with Crippen molar-refractivity contribution in [1.29, 1.82) is 0 Å². The SMILES string of the molecule is C=CCN1C2CSCC1CC(n1c(C)nc3ccccc31)C2. The molecule has 2 aliphatic heterocycles. The van der Waals surface area contributed by atoms with Gasteiger partial charge in [-0.1, -0.05) is 18.2 Å². The number of imidazole rings is 1. The molecule has 2 aromatic rings. The molecule has 1 aromatic carbocycles. The largest absolute Gasteiger partial charge is 0.325 e. The van der Waals surface area contributed by atoms with Crippen molar-refractivity contribution in [3.8, 4) is 0 Å². The van der Waals surface area contributed by atoms with Crippen LogP contribution in [-0.4, -0.2) is 44.6 Å². The van der Waals surface area contributed by atoms with E-state index in [2.05, 4.69) is 65.1 Å². The number of benzene rings is 1. The summed E-state index contributed by atoms with van der Waals surface area (Å²) in [6.07, 6.45) is 4.53. The lowest BCUT2D eigenvalue weighted by Gasteiger charge is -2.48. The van der Waals surface area contributed by atoms with Gasteiger partial charge in [-0.05, 0) is 31.9 Å². The van der Waals surface area contributed by atoms with Crippen LogP contribution in [0.4, 0.5) is 0 Å². The van der Waals surface area contributed by atoms with Crippen LogP contribution >= 0.6 is 11.8 Å². The maximum Gasteiger partial charge on any atom is 0.106 e. The van der Waals surface area contributed by atoms with E-state index >= 15 is 0 Å². The number of thioether (sulfide) groups is 1. The van der Waals surface area contributed by atoms with Gasteiger partial charge in [-0.2, -0.15) is 11.8 Å². The summed E-state index contributed by atoms with van der Waals surface area (Å²) in [5.41, 5.74) is 2.43. The van der Waals surface area contributed by atoms with E-state index in [4.69, 9.17) is 4.98 Å². The van der Waals surface area contributed by atoms with Gasteiger partial charge in [-0.15, -0.1) is 6.58 Å². The third-order valence-electron chi connectivity index (χ3n) is 5.12. The molecule has 0 N–H and O–H groups in total. The molecule has 2 unspecified atom stereocenters. The average molecular weight is 313 g/mol. The Kier molecular flexibility index (Phi) is 3.74. The van der Waals surface area contributed by atoms with Crippen LogP contribution in [0, 0.1) is 6.92 Å². The second kappa shape index (κ2) is 5.74. The molecule has 0 aliphatic carbocycles. The minimum Gasteiger partial charge on any atom is -0.325 e. The normalized spacial score (nSPS) is 28.9. The first kappa shape index (κ1) is 14.3. The topological polar surface area (TPSA) is 21.1 Å². The molecule has 116 valence electrons. The molecule has 3 heterocycles. The zero-order chi connectivity index (χ0) is 15.1. The van der Waals surface area contributed by atoms with Crippen LogP contribution in [0.5, 0.6) is 0 Å². The predicted molar refractivity (Wildman–Crippen MR) is 94.5 cm³/mol. The van der Waals surface area contributed by atoms with Gasteiger partial charge in [0.05, 0.1) is 11.0 Å². The number of rotatable bonds is 3. The van der Waals surface area contributed by atoms with Crippen molar-refractivity contribution >= 4 is 22.8 Å². The molecule has 2 fully saturated rings. The average Bonchev–Trinajstić information content (AvgIpc) is 2.83. The number of fused-ring (bicyclic) bond motifs is 3. The summed E-state index contributed by atoms with van der Waals surface area (Å²) in [5.74, 6) is 3.67. The number of aryl methyl sites for hydroxylation is 1. The summed E-state index contributed by atoms with van der Waals surface area (Å²) < 4.78 is 2.50. The number of para-hydroxylation sites is 2. The molecule has 0 radical (unpaired) electrons. The summed E-state index contributed by atoms with van der Waals surface area (Å²) in [6.45, 7) is 7.13. The monoisotopic (exact) mass is 313 g/mol. The van der Waals surface area contributed by atoms with Gasteiger partial charge in [0.15, 0.2) is 0 Å². The van der Waals surface area contributed by atoms with Gasteiger partial charge >= 0.3 is 0 Å². The van der Waals surface area contributed by atoms with Crippen molar-refractivity contribution < 1.29 is 0 Å². The summed E-state index contributed by atoms with van der Waals surface area (Å²) in [7, 11) is 0. The van der Waals surface area contributed by atoms with Gasteiger partial charge in [-0.25, -0.2) is 4.98 Å². The Labute approximate surface area is 136 Å². The highest BCUT2D eigenvalue weighted by Gasteiger charge is 2.39. The highest BCUT2D eigenvalue weighted by atomic mass is 32.2. The molecular formula is C18H23N3S. The predicted octanol–water partition coefficient (Wildman–Crippen LogP) is 3.65. The zero-order valence-corrected chi connectivity index (χ0v) is 13.9. The van der Waals surface area contributed by atoms with Gasteiger partial charge in [0.2, 0.25) is 0 Å². The number of piperidine rings is 1. The summed E-state index contributed by atoms with van der Waals surface area (Å²) in [4.78, 5) is 7.44. The first-order chi connectivity index (χ1) is 10.8. The highest BCUT2D eigenvalue weighted by Crippen LogP contribution is 2.39. The van der Waals surface area contributed by atoms with Crippen molar-refractivity contribution in [2.45, 2.75) is 37.9 Å². The number of hydrogen-bond donors (Lipinski definition) is 0. The number of aromatic nitrogens is 2. The number of nitrogens with zero attached hydrogens (tertiary/aromatic N) is 3. The lowest BCUT2D eigenvalue weighted by atomic mass is 9.91. The molecule has 4 rings (SSSR count). The lowest BCUT2D eigenvalue weighted by molar-refractivity contribution is 0.0856. The van der Waals surface area contributed by atoms with E-state index in [1.807, 2.05) is 0 Å². The van der Waals surface area contributed by atoms with Gasteiger partial charge in [-0.3, -0.25) is 4.90 Å². The van der Waals surface area contributed by atoms with Crippen LogP contribution < -0.4 is 0 Å². The molecule has 2 atom stereocenters. The molecular weight excluding hydrogens is 290 g/mol. The fourth-order valence-corrected chi connectivity index (χ4v) is 5.58. The fourth-order valence-electron chi connectivity index (χ4n) is 4.24. The molecule has 0 saturated carbocycles. The Morgan fingerprint density at radius 3 is 2.68 bits per heavy atom. The Balaban J connectivity index is 1.69. The molecule has 1 aromatic heterocycles. The Morgan fingerprint density at radius 2 is 1.95 bits per heavy atom. The van der Waals surface area contributed by atoms with Crippen molar-refractivity contribution in [3.05, 3.63) is 42.7 Å². The maximum atomic E-state index is 4.77. The molecule has 0 amide bonds. The van der Waals surface area contributed by atoms with E-state index in [-0.39, 0.29) is 0 Å². The van der Waals surface area contributed by atoms with E-state index in [9.17, 15) is 0 Å². The Morgan fingerprint density at radius 1 is 1.23 bits per heavy atom. The van der Waals surface area contributed by atoms with Crippen LogP contribution in [0.1, 0.15) is 24.7 Å². The fraction of sp³-hybridized carbons (Fsp3) is 0.500. The van der Waals surface area contributed by atoms with Crippen molar-refractivity contribution in [2.75, 3.05) is 18.1 Å². The molecule has 2 bridgehead atoms. The molecule has 4 heteroatoms. The summed E-state index contributed by atoms with van der Waals surface area (Å²) in [5, 5.41) is 0. The van der Waals surface area contributed by atoms with Gasteiger partial charge in [0, 0.05) is 36.2 Å². The van der Waals surface area contributed by atoms with E-state index in [0.29, 0.717) is 18.1 Å². The Bertz CT molecular complexity index is 679. The second-order valence-electron chi connectivity index (χ2n) is 6.47. The van der Waals surface area contributed by atoms with E-state index in [1.54, 1.807) is 0 Å². The van der Waals surface area contributed by atoms with E-state index < -0.39 is 0 Å². The van der Waals surface area contributed by atoms with Gasteiger partial charge in [0.1, 0.15) is 5.82 Å². The number of hydrogen-bond acceptors (Lipinski definition) is 3. The minimum atomic E-state index is 0.587. The van der Waals surface area contributed by atoms with Crippen molar-refractivity contribution in [2.24, 2.45) is 0 Å². The zero-order valence-electron chi connectivity index (χ0n) is 13.1.